The highest BCUT2D eigenvalue weighted by atomic mass is 32.2. The van der Waals surface area contributed by atoms with Crippen molar-refractivity contribution in [3.8, 4) is 0 Å². The molecule has 5 nitrogen and oxygen atoms in total. The molecule has 12 heavy (non-hydrogen) atoms. The second kappa shape index (κ2) is 2.63. The van der Waals surface area contributed by atoms with Crippen LogP contribution in [0.25, 0.3) is 0 Å². The van der Waals surface area contributed by atoms with E-state index in [0.29, 0.717) is 10.9 Å². The van der Waals surface area contributed by atoms with Crippen LogP contribution in [0, 0.1) is 0 Å². The fourth-order valence-electron chi connectivity index (χ4n) is 0.905. The quantitative estimate of drug-likeness (QED) is 0.568. The number of urea groups is 1. The van der Waals surface area contributed by atoms with Gasteiger partial charge in [-0.3, -0.25) is 0 Å². The van der Waals surface area contributed by atoms with Crippen LogP contribution in [0.15, 0.2) is 32.0 Å². The lowest BCUT2D eigenvalue weighted by Gasteiger charge is -2.05. The lowest BCUT2D eigenvalue weighted by atomic mass is 10.3. The maximum Gasteiger partial charge on any atom is 0.370 e. The zero-order chi connectivity index (χ0) is 8.55. The predicted molar refractivity (Wildman–Crippen MR) is 46.7 cm³/mol. The van der Waals surface area contributed by atoms with E-state index in [1.165, 1.54) is 11.8 Å². The van der Waals surface area contributed by atoms with Crippen molar-refractivity contribution in [2.45, 2.75) is 0 Å². The van der Waals surface area contributed by atoms with Crippen molar-refractivity contribution in [1.82, 2.24) is 0 Å². The Morgan fingerprint density at radius 1 is 1.42 bits per heavy atom. The summed E-state index contributed by atoms with van der Waals surface area (Å²) < 4.78 is 0. The fourth-order valence-corrected chi connectivity index (χ4v) is 1.44. The Balaban J connectivity index is 2.47. The first-order chi connectivity index (χ1) is 5.81. The number of thioether (sulfide) groups is 1. The fraction of sp³-hybridized carbons (Fsp3) is 0.167. The molecule has 0 saturated carbocycles. The maximum atomic E-state index is 10.9. The second-order valence-electron chi connectivity index (χ2n) is 2.10. The number of nitrogens with zero attached hydrogens (tertiary/aromatic N) is 4. The maximum absolute atomic E-state index is 10.9. The van der Waals surface area contributed by atoms with Crippen LogP contribution < -0.4 is 0 Å². The third-order valence-electron chi connectivity index (χ3n) is 1.40. The van der Waals surface area contributed by atoms with Crippen molar-refractivity contribution < 1.29 is 4.79 Å². The molecule has 0 aromatic heterocycles. The topological polar surface area (TPSA) is 66.5 Å². The van der Waals surface area contributed by atoms with Crippen molar-refractivity contribution in [1.29, 1.82) is 0 Å². The van der Waals surface area contributed by atoms with Crippen LogP contribution in [-0.2, 0) is 0 Å². The van der Waals surface area contributed by atoms with Crippen molar-refractivity contribution >= 4 is 28.7 Å². The van der Waals surface area contributed by atoms with Crippen LogP contribution in [0.4, 0.5) is 4.79 Å². The molecule has 0 aromatic carbocycles. The molecule has 0 saturated heterocycles. The molecular formula is C6H4N4OS. The van der Waals surface area contributed by atoms with E-state index in [-0.39, 0.29) is 0 Å². The first-order valence-corrected chi connectivity index (χ1v) is 4.41. The number of hydrogen-bond donors (Lipinski definition) is 0. The average molecular weight is 180 g/mol. The molecule has 0 spiro atoms. The predicted octanol–water partition coefficient (Wildman–Crippen LogP) is 1.63. The lowest BCUT2D eigenvalue weighted by molar-refractivity contribution is 0.257. The number of azo groups is 1. The van der Waals surface area contributed by atoms with Crippen molar-refractivity contribution in [2.24, 2.45) is 20.2 Å². The van der Waals surface area contributed by atoms with Gasteiger partial charge in [-0.2, -0.15) is 15.1 Å². The first kappa shape index (κ1) is 7.35. The van der Waals surface area contributed by atoms with Crippen molar-refractivity contribution in [2.75, 3.05) is 6.26 Å². The minimum atomic E-state index is -0.507. The molecule has 60 valence electrons. The van der Waals surface area contributed by atoms with Gasteiger partial charge >= 0.3 is 6.03 Å². The second-order valence-corrected chi connectivity index (χ2v) is 2.89. The van der Waals surface area contributed by atoms with Gasteiger partial charge in [0.2, 0.25) is 0 Å². The summed E-state index contributed by atoms with van der Waals surface area (Å²) in [5, 5.41) is 7.95. The Labute approximate surface area is 72.4 Å². The Bertz CT molecular complexity index is 366. The van der Waals surface area contributed by atoms with Gasteiger partial charge in [0.05, 0.1) is 11.8 Å². The number of amides is 2. The number of rotatable bonds is 0. The summed E-state index contributed by atoms with van der Waals surface area (Å²) in [6, 6.07) is -0.507. The van der Waals surface area contributed by atoms with E-state index in [2.05, 4.69) is 20.2 Å². The van der Waals surface area contributed by atoms with Gasteiger partial charge in [0.25, 0.3) is 0 Å². The third-order valence-corrected chi connectivity index (χ3v) is 2.10. The summed E-state index contributed by atoms with van der Waals surface area (Å²) in [5.41, 5.74) is 0.738. The Kier molecular flexibility index (Phi) is 1.61. The highest BCUT2D eigenvalue weighted by Gasteiger charge is 2.23. The zero-order valence-electron chi connectivity index (χ0n) is 6.18. The van der Waals surface area contributed by atoms with E-state index in [4.69, 9.17) is 0 Å². The SMILES string of the molecule is CSC1=NC(=O)N=C2N=NC=C21. The molecule has 2 aliphatic heterocycles. The molecular weight excluding hydrogens is 176 g/mol. The van der Waals surface area contributed by atoms with Gasteiger partial charge < -0.3 is 0 Å². The van der Waals surface area contributed by atoms with Gasteiger partial charge in [-0.1, -0.05) is 0 Å². The molecule has 0 aliphatic carbocycles. The van der Waals surface area contributed by atoms with Gasteiger partial charge in [0, 0.05) is 0 Å². The summed E-state index contributed by atoms with van der Waals surface area (Å²) in [5.74, 6) is 0.374. The summed E-state index contributed by atoms with van der Waals surface area (Å²) in [6.45, 7) is 0. The number of hydrogen-bond acceptors (Lipinski definition) is 4. The number of fused-ring (bicyclic) bond motifs is 1. The van der Waals surface area contributed by atoms with Gasteiger partial charge in [0.15, 0.2) is 5.84 Å². The average Bonchev–Trinajstić information content (AvgIpc) is 2.50. The van der Waals surface area contributed by atoms with Crippen LogP contribution in [0.3, 0.4) is 0 Å². The van der Waals surface area contributed by atoms with Crippen LogP contribution in [0.5, 0.6) is 0 Å². The smallest absolute Gasteiger partial charge is 0.244 e. The molecule has 0 bridgehead atoms. The highest BCUT2D eigenvalue weighted by molar-refractivity contribution is 8.14. The lowest BCUT2D eigenvalue weighted by Crippen LogP contribution is -2.13. The molecule has 0 fully saturated rings. The van der Waals surface area contributed by atoms with Gasteiger partial charge in [-0.15, -0.1) is 16.9 Å². The van der Waals surface area contributed by atoms with E-state index < -0.39 is 6.03 Å². The molecule has 0 unspecified atom stereocenters. The van der Waals surface area contributed by atoms with Crippen LogP contribution >= 0.6 is 11.8 Å². The number of carbonyl (C=O) groups excluding carboxylic acids is 1. The summed E-state index contributed by atoms with van der Waals surface area (Å²) >= 11 is 1.39. The third kappa shape index (κ3) is 1.00. The van der Waals surface area contributed by atoms with E-state index in [1.807, 2.05) is 6.26 Å². The van der Waals surface area contributed by atoms with Crippen LogP contribution in [0.1, 0.15) is 0 Å². The molecule has 0 atom stereocenters. The Morgan fingerprint density at radius 2 is 2.25 bits per heavy atom. The minimum Gasteiger partial charge on any atom is -0.244 e. The van der Waals surface area contributed by atoms with E-state index in [0.717, 1.165) is 5.57 Å². The van der Waals surface area contributed by atoms with Gasteiger partial charge in [-0.05, 0) is 6.26 Å². The molecule has 0 N–H and O–H groups in total. The standard InChI is InChI=1S/C6H4N4OS/c1-12-5-3-2-7-10-4(3)8-6(11)9-5/h2H,1H3. The summed E-state index contributed by atoms with van der Waals surface area (Å²) in [4.78, 5) is 18.2. The Hall–Kier alpha value is -1.30. The normalized spacial score (nSPS) is 20.1. The minimum absolute atomic E-state index is 0.374. The molecule has 0 aromatic rings. The largest absolute Gasteiger partial charge is 0.370 e. The molecule has 2 amide bonds. The van der Waals surface area contributed by atoms with Crippen LogP contribution in [0.2, 0.25) is 0 Å². The first-order valence-electron chi connectivity index (χ1n) is 3.18. The number of aliphatic imine (C=N–C) groups is 2. The highest BCUT2D eigenvalue weighted by Crippen LogP contribution is 2.21. The summed E-state index contributed by atoms with van der Waals surface area (Å²) in [6.07, 6.45) is 3.40. The van der Waals surface area contributed by atoms with E-state index in [1.54, 1.807) is 6.20 Å². The van der Waals surface area contributed by atoms with Gasteiger partial charge in [0.1, 0.15) is 5.04 Å². The summed E-state index contributed by atoms with van der Waals surface area (Å²) in [7, 11) is 0. The monoisotopic (exact) mass is 180 g/mol. The Morgan fingerprint density at radius 3 is 3.00 bits per heavy atom. The van der Waals surface area contributed by atoms with Crippen molar-refractivity contribution in [3.63, 3.8) is 0 Å². The van der Waals surface area contributed by atoms with Crippen LogP contribution in [-0.4, -0.2) is 23.2 Å². The molecule has 2 heterocycles. The van der Waals surface area contributed by atoms with E-state index >= 15 is 0 Å². The number of amidine groups is 1. The van der Waals surface area contributed by atoms with Gasteiger partial charge in [-0.25, -0.2) is 4.79 Å². The number of carbonyl (C=O) groups is 1. The molecule has 0 radical (unpaired) electrons. The van der Waals surface area contributed by atoms with E-state index in [9.17, 15) is 4.79 Å². The van der Waals surface area contributed by atoms with Crippen molar-refractivity contribution in [3.05, 3.63) is 11.8 Å². The molecule has 2 rings (SSSR count). The molecule has 2 aliphatic rings. The zero-order valence-corrected chi connectivity index (χ0v) is 7.00. The molecule has 6 heteroatoms.